The van der Waals surface area contributed by atoms with E-state index in [4.69, 9.17) is 4.74 Å². The van der Waals surface area contributed by atoms with Crippen molar-refractivity contribution in [2.45, 2.75) is 37.5 Å². The van der Waals surface area contributed by atoms with Crippen LogP contribution in [0.5, 0.6) is 0 Å². The minimum Gasteiger partial charge on any atom is -0.348 e. The Balaban J connectivity index is 1.83. The molecule has 0 radical (unpaired) electrons. The van der Waals surface area contributed by atoms with Crippen LogP contribution in [0, 0.1) is 0 Å². The molecule has 3 nitrogen and oxygen atoms in total. The second kappa shape index (κ2) is 4.56. The fraction of sp³-hybridized carbons (Fsp3) is 0.500. The monoisotopic (exact) mass is 267 g/mol. The van der Waals surface area contributed by atoms with E-state index in [1.807, 2.05) is 30.3 Å². The van der Waals surface area contributed by atoms with Crippen LogP contribution in [0.3, 0.4) is 0 Å². The van der Waals surface area contributed by atoms with E-state index in [1.54, 1.807) is 0 Å². The lowest BCUT2D eigenvalue weighted by atomic mass is 10.1. The summed E-state index contributed by atoms with van der Waals surface area (Å²) >= 11 is 0. The third-order valence-corrected chi connectivity index (χ3v) is 3.92. The van der Waals surface area contributed by atoms with Gasteiger partial charge in [0.25, 0.3) is 6.43 Å². The zero-order chi connectivity index (χ0) is 13.5. The fourth-order valence-electron chi connectivity index (χ4n) is 3.02. The maximum absolute atomic E-state index is 13.3. The van der Waals surface area contributed by atoms with Crippen molar-refractivity contribution in [2.75, 3.05) is 6.61 Å². The zero-order valence-corrected chi connectivity index (χ0v) is 10.4. The lowest BCUT2D eigenvalue weighted by Crippen LogP contribution is -2.50. The highest BCUT2D eigenvalue weighted by atomic mass is 19.3. The van der Waals surface area contributed by atoms with Gasteiger partial charge in [-0.25, -0.2) is 8.78 Å². The summed E-state index contributed by atoms with van der Waals surface area (Å²) in [7, 11) is 0. The van der Waals surface area contributed by atoms with Gasteiger partial charge in [0.15, 0.2) is 0 Å². The van der Waals surface area contributed by atoms with Gasteiger partial charge in [-0.2, -0.15) is 0 Å². The van der Waals surface area contributed by atoms with Gasteiger partial charge in [0.2, 0.25) is 11.6 Å². The molecule has 1 amide bonds. The predicted molar refractivity (Wildman–Crippen MR) is 64.7 cm³/mol. The van der Waals surface area contributed by atoms with E-state index in [2.05, 4.69) is 0 Å². The van der Waals surface area contributed by atoms with Crippen molar-refractivity contribution in [1.82, 2.24) is 4.90 Å². The maximum atomic E-state index is 13.3. The molecule has 0 N–H and O–H groups in total. The predicted octanol–water partition coefficient (Wildman–Crippen LogP) is 2.21. The van der Waals surface area contributed by atoms with Crippen molar-refractivity contribution in [3.8, 4) is 0 Å². The number of hydrogen-bond donors (Lipinski definition) is 0. The number of halogens is 2. The first-order valence-corrected chi connectivity index (χ1v) is 6.42. The number of fused-ring (bicyclic) bond motifs is 1. The summed E-state index contributed by atoms with van der Waals surface area (Å²) in [6.45, 7) is 0.185. The standard InChI is InChI=1S/C14H15F2NO2/c15-13(16)14-7-6-12(18)17(14)11(9-19-14)8-10-4-2-1-3-5-10/h1-5,11,13H,6-9H2/t11-,14+/m1/s1. The number of ether oxygens (including phenoxy) is 1. The smallest absolute Gasteiger partial charge is 0.285 e. The topological polar surface area (TPSA) is 29.5 Å². The van der Waals surface area contributed by atoms with E-state index < -0.39 is 12.2 Å². The number of benzene rings is 1. The minimum absolute atomic E-state index is 0.0921. The molecular weight excluding hydrogens is 252 g/mol. The molecule has 2 heterocycles. The zero-order valence-electron chi connectivity index (χ0n) is 10.4. The largest absolute Gasteiger partial charge is 0.348 e. The van der Waals surface area contributed by atoms with Crippen LogP contribution in [0.25, 0.3) is 0 Å². The fourth-order valence-corrected chi connectivity index (χ4v) is 3.02. The number of nitrogens with zero attached hydrogens (tertiary/aromatic N) is 1. The van der Waals surface area contributed by atoms with Gasteiger partial charge in [0, 0.05) is 12.8 Å². The SMILES string of the molecule is O=C1CC[C@@]2(C(F)F)OC[C@@H](Cc3ccccc3)N12. The Morgan fingerprint density at radius 1 is 1.37 bits per heavy atom. The van der Waals surface area contributed by atoms with Gasteiger partial charge < -0.3 is 9.64 Å². The van der Waals surface area contributed by atoms with Crippen molar-refractivity contribution in [3.05, 3.63) is 35.9 Å². The summed E-state index contributed by atoms with van der Waals surface area (Å²) < 4.78 is 31.8. The van der Waals surface area contributed by atoms with E-state index in [0.29, 0.717) is 6.42 Å². The molecule has 2 aliphatic heterocycles. The molecule has 1 aromatic rings. The van der Waals surface area contributed by atoms with Gasteiger partial charge in [-0.3, -0.25) is 4.79 Å². The first-order chi connectivity index (χ1) is 9.13. The molecule has 2 aliphatic rings. The third kappa shape index (κ3) is 1.92. The molecule has 2 fully saturated rings. The van der Waals surface area contributed by atoms with Crippen LogP contribution < -0.4 is 0 Å². The van der Waals surface area contributed by atoms with Gasteiger partial charge >= 0.3 is 0 Å². The first-order valence-electron chi connectivity index (χ1n) is 6.42. The molecule has 19 heavy (non-hydrogen) atoms. The van der Waals surface area contributed by atoms with Crippen LogP contribution in [0.4, 0.5) is 8.78 Å². The van der Waals surface area contributed by atoms with Crippen molar-refractivity contribution >= 4 is 5.91 Å². The summed E-state index contributed by atoms with van der Waals surface area (Å²) in [5.74, 6) is -0.223. The van der Waals surface area contributed by atoms with E-state index in [0.717, 1.165) is 5.56 Å². The molecule has 102 valence electrons. The molecule has 0 bridgehead atoms. The molecule has 3 rings (SSSR count). The number of carbonyl (C=O) groups is 1. The number of carbonyl (C=O) groups excluding carboxylic acids is 1. The number of amides is 1. The average Bonchev–Trinajstić information content (AvgIpc) is 2.92. The molecular formula is C14H15F2NO2. The normalized spacial score (nSPS) is 30.2. The first kappa shape index (κ1) is 12.5. The van der Waals surface area contributed by atoms with E-state index in [-0.39, 0.29) is 31.4 Å². The molecule has 2 atom stereocenters. The molecule has 0 unspecified atom stereocenters. The minimum atomic E-state index is -2.65. The van der Waals surface area contributed by atoms with Crippen molar-refractivity contribution < 1.29 is 18.3 Å². The Morgan fingerprint density at radius 3 is 2.79 bits per heavy atom. The van der Waals surface area contributed by atoms with Gasteiger partial charge in [-0.1, -0.05) is 30.3 Å². The van der Waals surface area contributed by atoms with Crippen LogP contribution >= 0.6 is 0 Å². The average molecular weight is 267 g/mol. The number of alkyl halides is 2. The molecule has 0 aromatic heterocycles. The van der Waals surface area contributed by atoms with Gasteiger partial charge in [0.05, 0.1) is 12.6 Å². The maximum Gasteiger partial charge on any atom is 0.285 e. The Kier molecular flexibility index (Phi) is 3.01. The summed E-state index contributed by atoms with van der Waals surface area (Å²) in [5, 5.41) is 0. The second-order valence-electron chi connectivity index (χ2n) is 5.06. The summed E-state index contributed by atoms with van der Waals surface area (Å²) in [6, 6.07) is 9.28. The van der Waals surface area contributed by atoms with E-state index in [1.165, 1.54) is 4.90 Å². The number of hydrogen-bond acceptors (Lipinski definition) is 2. The summed E-state index contributed by atoms with van der Waals surface area (Å²) in [4.78, 5) is 13.2. The van der Waals surface area contributed by atoms with Crippen LogP contribution in [-0.4, -0.2) is 35.6 Å². The number of rotatable bonds is 3. The van der Waals surface area contributed by atoms with Gasteiger partial charge in [-0.15, -0.1) is 0 Å². The van der Waals surface area contributed by atoms with Crippen molar-refractivity contribution in [3.63, 3.8) is 0 Å². The summed E-state index contributed by atoms with van der Waals surface area (Å²) in [6.07, 6.45) is -1.86. The molecule has 0 saturated carbocycles. The van der Waals surface area contributed by atoms with Crippen LogP contribution in [0.15, 0.2) is 30.3 Å². The Bertz CT molecular complexity index is 480. The van der Waals surface area contributed by atoms with Crippen LogP contribution in [-0.2, 0) is 16.0 Å². The van der Waals surface area contributed by atoms with Gasteiger partial charge in [0.1, 0.15) is 0 Å². The second-order valence-corrected chi connectivity index (χ2v) is 5.06. The Morgan fingerprint density at radius 2 is 2.11 bits per heavy atom. The molecule has 2 saturated heterocycles. The van der Waals surface area contributed by atoms with Gasteiger partial charge in [-0.05, 0) is 12.0 Å². The lowest BCUT2D eigenvalue weighted by molar-refractivity contribution is -0.171. The molecule has 1 aromatic carbocycles. The quantitative estimate of drug-likeness (QED) is 0.840. The lowest BCUT2D eigenvalue weighted by Gasteiger charge is -2.32. The van der Waals surface area contributed by atoms with Crippen LogP contribution in [0.2, 0.25) is 0 Å². The third-order valence-electron chi connectivity index (χ3n) is 3.92. The molecule has 0 aliphatic carbocycles. The van der Waals surface area contributed by atoms with Crippen LogP contribution in [0.1, 0.15) is 18.4 Å². The van der Waals surface area contributed by atoms with E-state index >= 15 is 0 Å². The Hall–Kier alpha value is -1.49. The Labute approximate surface area is 110 Å². The highest BCUT2D eigenvalue weighted by Crippen LogP contribution is 2.43. The highest BCUT2D eigenvalue weighted by Gasteiger charge is 2.59. The highest BCUT2D eigenvalue weighted by molar-refractivity contribution is 5.80. The van der Waals surface area contributed by atoms with Crippen molar-refractivity contribution in [1.29, 1.82) is 0 Å². The summed E-state index contributed by atoms with van der Waals surface area (Å²) in [5.41, 5.74) is -0.642. The van der Waals surface area contributed by atoms with Crippen molar-refractivity contribution in [2.24, 2.45) is 0 Å². The van der Waals surface area contributed by atoms with E-state index in [9.17, 15) is 13.6 Å². The molecule has 0 spiro atoms. The molecule has 5 heteroatoms.